The number of rotatable bonds is 6. The minimum atomic E-state index is -1.72. The molecule has 0 aromatic heterocycles. The van der Waals surface area contributed by atoms with Crippen molar-refractivity contribution in [3.8, 4) is 0 Å². The second-order valence-electron chi connectivity index (χ2n) is 3.01. The Labute approximate surface area is 91.3 Å². The zero-order chi connectivity index (χ0) is 12.7. The highest BCUT2D eigenvalue weighted by atomic mass is 16.4. The van der Waals surface area contributed by atoms with Gasteiger partial charge in [0.2, 0.25) is 5.96 Å². The first-order valence-corrected chi connectivity index (χ1v) is 4.35. The molecule has 0 aliphatic heterocycles. The van der Waals surface area contributed by atoms with Crippen molar-refractivity contribution in [1.82, 2.24) is 0 Å². The Balaban J connectivity index is 4.32. The fraction of sp³-hybridized carbons (Fsp3) is 0.714. The summed E-state index contributed by atoms with van der Waals surface area (Å²) in [6.07, 6.45) is -5.82. The summed E-state index contributed by atoms with van der Waals surface area (Å²) in [5.74, 6) is -0.339. The van der Waals surface area contributed by atoms with Crippen LogP contribution in [-0.2, 0) is 0 Å². The van der Waals surface area contributed by atoms with Crippen molar-refractivity contribution in [3.63, 3.8) is 0 Å². The number of aliphatic hydroxyl groups is 5. The largest absolute Gasteiger partial charge is 0.394 e. The van der Waals surface area contributed by atoms with E-state index in [1.165, 1.54) is 0 Å². The van der Waals surface area contributed by atoms with Gasteiger partial charge >= 0.3 is 0 Å². The van der Waals surface area contributed by atoms with E-state index in [-0.39, 0.29) is 5.96 Å². The molecule has 4 atom stereocenters. The second-order valence-corrected chi connectivity index (χ2v) is 3.01. The first-order valence-electron chi connectivity index (χ1n) is 4.35. The van der Waals surface area contributed by atoms with E-state index in [0.29, 0.717) is 0 Å². The summed E-state index contributed by atoms with van der Waals surface area (Å²) < 4.78 is 0. The lowest BCUT2D eigenvalue weighted by molar-refractivity contribution is -0.0999. The summed E-state index contributed by atoms with van der Waals surface area (Å²) in [6.45, 7) is -0.754. The van der Waals surface area contributed by atoms with E-state index in [1.54, 1.807) is 0 Å². The Bertz CT molecular complexity index is 255. The van der Waals surface area contributed by atoms with Gasteiger partial charge in [-0.05, 0) is 0 Å². The van der Waals surface area contributed by atoms with Gasteiger partial charge in [0.25, 0.3) is 0 Å². The molecular formula is C7H16N4O5. The van der Waals surface area contributed by atoms with Gasteiger partial charge in [-0.25, -0.2) is 0 Å². The highest BCUT2D eigenvalue weighted by molar-refractivity contribution is 5.76. The molecule has 0 spiro atoms. The van der Waals surface area contributed by atoms with Crippen LogP contribution in [0.25, 0.3) is 0 Å². The first kappa shape index (κ1) is 14.7. The SMILES string of the molecule is NC(N)=N/N=C\[C@@H](O)[C@@H](O)[C@@H](O)[C@@H](O)CO. The predicted molar refractivity (Wildman–Crippen MR) is 55.4 cm³/mol. The molecule has 0 aliphatic carbocycles. The Hall–Kier alpha value is -1.26. The zero-order valence-electron chi connectivity index (χ0n) is 8.38. The van der Waals surface area contributed by atoms with Crippen molar-refractivity contribution in [2.75, 3.05) is 6.61 Å². The third-order valence-electron chi connectivity index (χ3n) is 1.67. The summed E-state index contributed by atoms with van der Waals surface area (Å²) in [5, 5.41) is 51.5. The van der Waals surface area contributed by atoms with Gasteiger partial charge in [-0.3, -0.25) is 0 Å². The van der Waals surface area contributed by atoms with Gasteiger partial charge in [0.15, 0.2) is 0 Å². The summed E-state index contributed by atoms with van der Waals surface area (Å²) >= 11 is 0. The average Bonchev–Trinajstić information content (AvgIpc) is 2.25. The lowest BCUT2D eigenvalue weighted by atomic mass is 10.0. The molecule has 0 saturated heterocycles. The van der Waals surface area contributed by atoms with E-state index in [0.717, 1.165) is 6.21 Å². The molecule has 0 radical (unpaired) electrons. The molecule has 9 N–H and O–H groups in total. The molecule has 0 bridgehead atoms. The quantitative estimate of drug-likeness (QED) is 0.138. The summed E-state index contributed by atoms with van der Waals surface area (Å²) in [5.41, 5.74) is 9.86. The molecule has 9 nitrogen and oxygen atoms in total. The van der Waals surface area contributed by atoms with Gasteiger partial charge in [-0.2, -0.15) is 5.10 Å². The lowest BCUT2D eigenvalue weighted by Crippen LogP contribution is -2.46. The molecule has 0 fully saturated rings. The maximum atomic E-state index is 9.28. The number of hydrogen-bond donors (Lipinski definition) is 7. The molecule has 0 heterocycles. The number of nitrogens with two attached hydrogens (primary N) is 2. The van der Waals surface area contributed by atoms with Crippen LogP contribution in [-0.4, -0.2) is 68.7 Å². The second kappa shape index (κ2) is 7.09. The van der Waals surface area contributed by atoms with Crippen LogP contribution >= 0.6 is 0 Å². The smallest absolute Gasteiger partial charge is 0.211 e. The molecule has 0 aromatic carbocycles. The van der Waals surface area contributed by atoms with Crippen LogP contribution < -0.4 is 11.5 Å². The third-order valence-corrected chi connectivity index (χ3v) is 1.67. The standard InChI is InChI=1S/C7H16N4O5/c8-7(9)11-10-1-3(13)5(15)6(16)4(14)2-12/h1,3-6,12-16H,2H2,(H4,8,9,11)/b10-1-/t3-,4+,5-,6+/m1/s1. The van der Waals surface area contributed by atoms with Crippen molar-refractivity contribution in [1.29, 1.82) is 0 Å². The van der Waals surface area contributed by atoms with Gasteiger partial charge in [0.1, 0.15) is 24.4 Å². The maximum absolute atomic E-state index is 9.28. The molecule has 0 unspecified atom stereocenters. The van der Waals surface area contributed by atoms with Gasteiger partial charge in [-0.15, -0.1) is 5.10 Å². The van der Waals surface area contributed by atoms with E-state index >= 15 is 0 Å². The molecule has 94 valence electrons. The van der Waals surface area contributed by atoms with Crippen LogP contribution in [0.3, 0.4) is 0 Å². The van der Waals surface area contributed by atoms with E-state index < -0.39 is 31.0 Å². The maximum Gasteiger partial charge on any atom is 0.211 e. The van der Waals surface area contributed by atoms with Gasteiger partial charge in [0.05, 0.1) is 12.8 Å². The zero-order valence-corrected chi connectivity index (χ0v) is 8.38. The van der Waals surface area contributed by atoms with E-state index in [4.69, 9.17) is 21.7 Å². The average molecular weight is 236 g/mol. The number of hydrogen-bond acceptors (Lipinski definition) is 7. The molecule has 0 rings (SSSR count). The van der Waals surface area contributed by atoms with E-state index in [1.807, 2.05) is 0 Å². The van der Waals surface area contributed by atoms with Crippen LogP contribution in [0.5, 0.6) is 0 Å². The monoisotopic (exact) mass is 236 g/mol. The van der Waals surface area contributed by atoms with Crippen LogP contribution in [0.4, 0.5) is 0 Å². The highest BCUT2D eigenvalue weighted by Gasteiger charge is 2.28. The Morgan fingerprint density at radius 1 is 1.12 bits per heavy atom. The van der Waals surface area contributed by atoms with Crippen LogP contribution in [0.2, 0.25) is 0 Å². The fourth-order valence-corrected chi connectivity index (χ4v) is 0.794. The van der Waals surface area contributed by atoms with Crippen LogP contribution in [0, 0.1) is 0 Å². The van der Waals surface area contributed by atoms with Crippen molar-refractivity contribution in [2.24, 2.45) is 21.7 Å². The van der Waals surface area contributed by atoms with E-state index in [2.05, 4.69) is 10.2 Å². The molecular weight excluding hydrogens is 220 g/mol. The summed E-state index contributed by atoms with van der Waals surface area (Å²) in [4.78, 5) is 0. The molecule has 0 amide bonds. The van der Waals surface area contributed by atoms with Crippen LogP contribution in [0.1, 0.15) is 0 Å². The lowest BCUT2D eigenvalue weighted by Gasteiger charge is -2.23. The van der Waals surface area contributed by atoms with Crippen molar-refractivity contribution in [3.05, 3.63) is 0 Å². The topological polar surface area (TPSA) is 178 Å². The molecule has 0 saturated carbocycles. The van der Waals surface area contributed by atoms with Gasteiger partial charge < -0.3 is 37.0 Å². The predicted octanol–water partition coefficient (Wildman–Crippen LogP) is -4.32. The van der Waals surface area contributed by atoms with Crippen molar-refractivity contribution < 1.29 is 25.5 Å². The minimum absolute atomic E-state index is 0.339. The molecule has 9 heteroatoms. The third kappa shape index (κ3) is 5.00. The summed E-state index contributed by atoms with van der Waals surface area (Å²) in [6, 6.07) is 0. The Morgan fingerprint density at radius 3 is 2.12 bits per heavy atom. The van der Waals surface area contributed by atoms with Gasteiger partial charge in [-0.1, -0.05) is 0 Å². The van der Waals surface area contributed by atoms with Crippen molar-refractivity contribution >= 4 is 12.2 Å². The number of nitrogens with zero attached hydrogens (tertiary/aromatic N) is 2. The van der Waals surface area contributed by atoms with E-state index in [9.17, 15) is 15.3 Å². The Kier molecular flexibility index (Phi) is 6.53. The number of aliphatic hydroxyl groups excluding tert-OH is 5. The Morgan fingerprint density at radius 2 is 1.69 bits per heavy atom. The normalized spacial score (nSPS) is 19.1. The van der Waals surface area contributed by atoms with Gasteiger partial charge in [0, 0.05) is 0 Å². The first-order chi connectivity index (χ1) is 7.40. The van der Waals surface area contributed by atoms with Crippen molar-refractivity contribution in [2.45, 2.75) is 24.4 Å². The van der Waals surface area contributed by atoms with Crippen LogP contribution in [0.15, 0.2) is 10.2 Å². The highest BCUT2D eigenvalue weighted by Crippen LogP contribution is 2.03. The minimum Gasteiger partial charge on any atom is -0.394 e. The molecule has 16 heavy (non-hydrogen) atoms. The number of guanidine groups is 1. The summed E-state index contributed by atoms with van der Waals surface area (Å²) in [7, 11) is 0. The molecule has 0 aromatic rings. The fourth-order valence-electron chi connectivity index (χ4n) is 0.794. The molecule has 0 aliphatic rings.